The molecule has 0 bridgehead atoms. The molecule has 0 unspecified atom stereocenters. The molecule has 114 valence electrons. The standard InChI is InChI=1S/C14H28N6/c1-13(2)11-19-6-4-18(5-7-19)8-9-20-12-14(10-15-3)16-17-20/h12-13,15H,4-11H2,1-3H3. The first-order chi connectivity index (χ1) is 9.67. The van der Waals surface area contributed by atoms with Gasteiger partial charge in [-0.1, -0.05) is 19.1 Å². The van der Waals surface area contributed by atoms with Crippen molar-refractivity contribution in [2.75, 3.05) is 46.3 Å². The van der Waals surface area contributed by atoms with E-state index >= 15 is 0 Å². The second-order valence-corrected chi connectivity index (χ2v) is 6.04. The summed E-state index contributed by atoms with van der Waals surface area (Å²) in [5, 5.41) is 11.4. The number of nitrogens with zero attached hydrogens (tertiary/aromatic N) is 5. The van der Waals surface area contributed by atoms with E-state index in [1.165, 1.54) is 32.7 Å². The predicted molar refractivity (Wildman–Crippen MR) is 80.5 cm³/mol. The molecule has 0 radical (unpaired) electrons. The van der Waals surface area contributed by atoms with Crippen LogP contribution in [-0.2, 0) is 13.1 Å². The largest absolute Gasteiger partial charge is 0.314 e. The molecule has 1 N–H and O–H groups in total. The van der Waals surface area contributed by atoms with Crippen LogP contribution in [0, 0.1) is 5.92 Å². The number of nitrogens with one attached hydrogen (secondary N) is 1. The maximum absolute atomic E-state index is 4.16. The molecular formula is C14H28N6. The molecule has 1 saturated heterocycles. The van der Waals surface area contributed by atoms with E-state index in [0.29, 0.717) is 0 Å². The van der Waals surface area contributed by atoms with Gasteiger partial charge in [0.1, 0.15) is 0 Å². The minimum atomic E-state index is 0.766. The van der Waals surface area contributed by atoms with Gasteiger partial charge in [0, 0.05) is 52.0 Å². The molecule has 1 fully saturated rings. The van der Waals surface area contributed by atoms with Crippen molar-refractivity contribution in [2.24, 2.45) is 5.92 Å². The highest BCUT2D eigenvalue weighted by Crippen LogP contribution is 2.05. The molecule has 6 heteroatoms. The van der Waals surface area contributed by atoms with Crippen LogP contribution >= 0.6 is 0 Å². The highest BCUT2D eigenvalue weighted by molar-refractivity contribution is 4.91. The summed E-state index contributed by atoms with van der Waals surface area (Å²) >= 11 is 0. The molecule has 6 nitrogen and oxygen atoms in total. The SMILES string of the molecule is CNCc1cn(CCN2CCN(CC(C)C)CC2)nn1. The molecule has 0 aromatic carbocycles. The molecule has 1 aliphatic heterocycles. The zero-order valence-corrected chi connectivity index (χ0v) is 13.0. The van der Waals surface area contributed by atoms with E-state index in [1.54, 1.807) is 0 Å². The Balaban J connectivity index is 1.67. The lowest BCUT2D eigenvalue weighted by molar-refractivity contribution is 0.118. The molecule has 1 aromatic rings. The normalized spacial score (nSPS) is 18.0. The third kappa shape index (κ3) is 4.85. The maximum atomic E-state index is 4.16. The Bertz CT molecular complexity index is 381. The van der Waals surface area contributed by atoms with Crippen molar-refractivity contribution in [1.82, 2.24) is 30.1 Å². The van der Waals surface area contributed by atoms with Gasteiger partial charge in [0.25, 0.3) is 0 Å². The van der Waals surface area contributed by atoms with Crippen LogP contribution in [0.4, 0.5) is 0 Å². The highest BCUT2D eigenvalue weighted by atomic mass is 15.4. The molecule has 1 aliphatic rings. The van der Waals surface area contributed by atoms with Crippen LogP contribution in [0.5, 0.6) is 0 Å². The Morgan fingerprint density at radius 1 is 1.15 bits per heavy atom. The van der Waals surface area contributed by atoms with Crippen LogP contribution < -0.4 is 5.32 Å². The monoisotopic (exact) mass is 280 g/mol. The molecule has 1 aromatic heterocycles. The lowest BCUT2D eigenvalue weighted by Gasteiger charge is -2.35. The summed E-state index contributed by atoms with van der Waals surface area (Å²) < 4.78 is 1.95. The summed E-state index contributed by atoms with van der Waals surface area (Å²) in [4.78, 5) is 5.10. The number of aromatic nitrogens is 3. The second-order valence-electron chi connectivity index (χ2n) is 6.04. The lowest BCUT2D eigenvalue weighted by Crippen LogP contribution is -2.48. The second kappa shape index (κ2) is 7.71. The smallest absolute Gasteiger partial charge is 0.0964 e. The Kier molecular flexibility index (Phi) is 5.94. The summed E-state index contributed by atoms with van der Waals surface area (Å²) in [5.74, 6) is 0.766. The first-order valence-corrected chi connectivity index (χ1v) is 7.65. The van der Waals surface area contributed by atoms with Gasteiger partial charge in [0.05, 0.1) is 12.2 Å². The van der Waals surface area contributed by atoms with Gasteiger partial charge < -0.3 is 10.2 Å². The molecule has 2 rings (SSSR count). The number of piperazine rings is 1. The third-order valence-corrected chi connectivity index (χ3v) is 3.68. The number of hydrogen-bond acceptors (Lipinski definition) is 5. The van der Waals surface area contributed by atoms with Gasteiger partial charge in [-0.2, -0.15) is 0 Å². The van der Waals surface area contributed by atoms with E-state index in [1.807, 2.05) is 17.9 Å². The predicted octanol–water partition coefficient (Wildman–Crippen LogP) is 0.271. The Morgan fingerprint density at radius 2 is 1.85 bits per heavy atom. The highest BCUT2D eigenvalue weighted by Gasteiger charge is 2.17. The summed E-state index contributed by atoms with van der Waals surface area (Å²) in [5.41, 5.74) is 1.01. The molecule has 0 amide bonds. The van der Waals surface area contributed by atoms with Crippen LogP contribution in [0.15, 0.2) is 6.20 Å². The molecule has 0 saturated carbocycles. The Morgan fingerprint density at radius 3 is 2.50 bits per heavy atom. The van der Waals surface area contributed by atoms with Crippen molar-refractivity contribution < 1.29 is 0 Å². The molecule has 0 aliphatic carbocycles. The van der Waals surface area contributed by atoms with Crippen molar-refractivity contribution in [2.45, 2.75) is 26.9 Å². The van der Waals surface area contributed by atoms with Crippen LogP contribution in [0.3, 0.4) is 0 Å². The van der Waals surface area contributed by atoms with E-state index in [-0.39, 0.29) is 0 Å². The van der Waals surface area contributed by atoms with Crippen molar-refractivity contribution in [1.29, 1.82) is 0 Å². The molecular weight excluding hydrogens is 252 g/mol. The van der Waals surface area contributed by atoms with E-state index in [9.17, 15) is 0 Å². The fourth-order valence-electron chi connectivity index (χ4n) is 2.67. The lowest BCUT2D eigenvalue weighted by atomic mass is 10.2. The topological polar surface area (TPSA) is 49.2 Å². The quantitative estimate of drug-likeness (QED) is 0.777. The van der Waals surface area contributed by atoms with E-state index < -0.39 is 0 Å². The average Bonchev–Trinajstić information content (AvgIpc) is 2.86. The van der Waals surface area contributed by atoms with Gasteiger partial charge >= 0.3 is 0 Å². The van der Waals surface area contributed by atoms with Gasteiger partial charge in [0.2, 0.25) is 0 Å². The van der Waals surface area contributed by atoms with Gasteiger partial charge in [-0.3, -0.25) is 9.58 Å². The van der Waals surface area contributed by atoms with E-state index in [4.69, 9.17) is 0 Å². The van der Waals surface area contributed by atoms with Gasteiger partial charge in [-0.15, -0.1) is 5.10 Å². The fourth-order valence-corrected chi connectivity index (χ4v) is 2.67. The molecule has 0 spiro atoms. The third-order valence-electron chi connectivity index (χ3n) is 3.68. The van der Waals surface area contributed by atoms with Crippen molar-refractivity contribution >= 4 is 0 Å². The summed E-state index contributed by atoms with van der Waals surface area (Å²) in [6.45, 7) is 13.3. The van der Waals surface area contributed by atoms with Gasteiger partial charge in [-0.05, 0) is 13.0 Å². The maximum Gasteiger partial charge on any atom is 0.0964 e. The number of hydrogen-bond donors (Lipinski definition) is 1. The summed E-state index contributed by atoms with van der Waals surface area (Å²) in [7, 11) is 1.93. The fraction of sp³-hybridized carbons (Fsp3) is 0.857. The van der Waals surface area contributed by atoms with Gasteiger partial charge in [0.15, 0.2) is 0 Å². The van der Waals surface area contributed by atoms with E-state index in [0.717, 1.165) is 31.2 Å². The van der Waals surface area contributed by atoms with Crippen LogP contribution in [0.2, 0.25) is 0 Å². The average molecular weight is 280 g/mol. The van der Waals surface area contributed by atoms with E-state index in [2.05, 4.69) is 39.3 Å². The van der Waals surface area contributed by atoms with Gasteiger partial charge in [-0.25, -0.2) is 0 Å². The summed E-state index contributed by atoms with van der Waals surface area (Å²) in [6, 6.07) is 0. The minimum absolute atomic E-state index is 0.766. The zero-order chi connectivity index (χ0) is 14.4. The molecule has 20 heavy (non-hydrogen) atoms. The molecule has 0 atom stereocenters. The van der Waals surface area contributed by atoms with Crippen molar-refractivity contribution in [3.8, 4) is 0 Å². The molecule has 2 heterocycles. The first kappa shape index (κ1) is 15.4. The van der Waals surface area contributed by atoms with Crippen LogP contribution in [-0.4, -0.2) is 71.1 Å². The van der Waals surface area contributed by atoms with Crippen molar-refractivity contribution in [3.63, 3.8) is 0 Å². The Labute approximate surface area is 122 Å². The Hall–Kier alpha value is -0.980. The van der Waals surface area contributed by atoms with Crippen LogP contribution in [0.25, 0.3) is 0 Å². The van der Waals surface area contributed by atoms with Crippen LogP contribution in [0.1, 0.15) is 19.5 Å². The number of rotatable bonds is 7. The first-order valence-electron chi connectivity index (χ1n) is 7.65. The zero-order valence-electron chi connectivity index (χ0n) is 13.0. The van der Waals surface area contributed by atoms with Crippen molar-refractivity contribution in [3.05, 3.63) is 11.9 Å². The summed E-state index contributed by atoms with van der Waals surface area (Å²) in [6.07, 6.45) is 2.03. The minimum Gasteiger partial charge on any atom is -0.314 e.